The Kier molecular flexibility index (Phi) is 8.13. The summed E-state index contributed by atoms with van der Waals surface area (Å²) in [6.07, 6.45) is 0. The van der Waals surface area contributed by atoms with Crippen LogP contribution in [0.4, 0.5) is 0 Å². The first-order chi connectivity index (χ1) is 14.0. The average molecular weight is 442 g/mol. The molecule has 8 nitrogen and oxygen atoms in total. The van der Waals surface area contributed by atoms with Gasteiger partial charge in [0, 0.05) is 44.3 Å². The van der Waals surface area contributed by atoms with Crippen LogP contribution in [0.25, 0.3) is 0 Å². The minimum Gasteiger partial charge on any atom is -0.497 e. The SMILES string of the molecule is COc1ccc(OC)c(S(=O)(=O)N2CCN([C@@H](C)C(=O)N(C(C)C)C(C)C)CC2)c1. The lowest BCUT2D eigenvalue weighted by molar-refractivity contribution is -0.140. The van der Waals surface area contributed by atoms with Crippen molar-refractivity contribution in [3.8, 4) is 11.5 Å². The van der Waals surface area contributed by atoms with Crippen molar-refractivity contribution in [3.05, 3.63) is 18.2 Å². The summed E-state index contributed by atoms with van der Waals surface area (Å²) in [6.45, 7) is 11.5. The number of piperazine rings is 1. The predicted octanol–water partition coefficient (Wildman–Crippen LogP) is 2.04. The molecule has 0 spiro atoms. The van der Waals surface area contributed by atoms with Gasteiger partial charge in [0.1, 0.15) is 16.4 Å². The van der Waals surface area contributed by atoms with Crippen LogP contribution in [-0.2, 0) is 14.8 Å². The van der Waals surface area contributed by atoms with E-state index in [0.717, 1.165) is 0 Å². The molecular weight excluding hydrogens is 406 g/mol. The van der Waals surface area contributed by atoms with Crippen molar-refractivity contribution in [3.63, 3.8) is 0 Å². The first-order valence-electron chi connectivity index (χ1n) is 10.3. The first-order valence-corrected chi connectivity index (χ1v) is 11.8. The summed E-state index contributed by atoms with van der Waals surface area (Å²) in [6, 6.07) is 4.67. The second-order valence-electron chi connectivity index (χ2n) is 8.07. The Morgan fingerprint density at radius 1 is 0.967 bits per heavy atom. The maximum atomic E-state index is 13.2. The fraction of sp³-hybridized carbons (Fsp3) is 0.667. The van der Waals surface area contributed by atoms with Gasteiger partial charge in [-0.25, -0.2) is 8.42 Å². The molecule has 1 aromatic carbocycles. The summed E-state index contributed by atoms with van der Waals surface area (Å²) in [5, 5.41) is 0. The van der Waals surface area contributed by atoms with E-state index in [1.165, 1.54) is 24.6 Å². The Balaban J connectivity index is 2.14. The fourth-order valence-corrected chi connectivity index (χ4v) is 5.53. The summed E-state index contributed by atoms with van der Waals surface area (Å²) < 4.78 is 38.3. The third-order valence-electron chi connectivity index (χ3n) is 5.53. The van der Waals surface area contributed by atoms with Gasteiger partial charge in [-0.3, -0.25) is 9.69 Å². The van der Waals surface area contributed by atoms with E-state index < -0.39 is 10.0 Å². The molecule has 1 atom stereocenters. The number of nitrogens with zero attached hydrogens (tertiary/aromatic N) is 3. The third kappa shape index (κ3) is 5.07. The van der Waals surface area contributed by atoms with E-state index >= 15 is 0 Å². The molecule has 0 saturated carbocycles. The fourth-order valence-electron chi connectivity index (χ4n) is 3.93. The van der Waals surface area contributed by atoms with E-state index in [0.29, 0.717) is 31.9 Å². The number of sulfonamides is 1. The van der Waals surface area contributed by atoms with Gasteiger partial charge in [0.15, 0.2) is 0 Å². The molecule has 9 heteroatoms. The van der Waals surface area contributed by atoms with Gasteiger partial charge in [0.25, 0.3) is 0 Å². The Hall–Kier alpha value is -1.84. The van der Waals surface area contributed by atoms with Crippen molar-refractivity contribution in [1.82, 2.24) is 14.1 Å². The number of hydrogen-bond donors (Lipinski definition) is 0. The van der Waals surface area contributed by atoms with E-state index in [1.54, 1.807) is 12.1 Å². The van der Waals surface area contributed by atoms with Crippen LogP contribution in [0.5, 0.6) is 11.5 Å². The zero-order valence-electron chi connectivity index (χ0n) is 19.1. The van der Waals surface area contributed by atoms with Gasteiger partial charge in [-0.15, -0.1) is 0 Å². The quantitative estimate of drug-likeness (QED) is 0.614. The molecule has 1 amide bonds. The molecule has 0 unspecified atom stereocenters. The number of rotatable bonds is 8. The first kappa shape index (κ1) is 24.4. The number of methoxy groups -OCH3 is 2. The molecule has 0 N–H and O–H groups in total. The van der Waals surface area contributed by atoms with Crippen LogP contribution in [0.2, 0.25) is 0 Å². The minimum atomic E-state index is -3.74. The summed E-state index contributed by atoms with van der Waals surface area (Å²) >= 11 is 0. The second kappa shape index (κ2) is 9.98. The van der Waals surface area contributed by atoms with Crippen LogP contribution in [0.3, 0.4) is 0 Å². The molecule has 0 bridgehead atoms. The Morgan fingerprint density at radius 3 is 2.00 bits per heavy atom. The summed E-state index contributed by atoms with van der Waals surface area (Å²) in [5.41, 5.74) is 0. The van der Waals surface area contributed by atoms with Crippen molar-refractivity contribution in [2.24, 2.45) is 0 Å². The van der Waals surface area contributed by atoms with Crippen molar-refractivity contribution < 1.29 is 22.7 Å². The van der Waals surface area contributed by atoms with Gasteiger partial charge in [0.05, 0.1) is 20.3 Å². The number of benzene rings is 1. The number of amides is 1. The maximum Gasteiger partial charge on any atom is 0.246 e. The van der Waals surface area contributed by atoms with Crippen LogP contribution in [0.1, 0.15) is 34.6 Å². The Morgan fingerprint density at radius 2 is 1.53 bits per heavy atom. The largest absolute Gasteiger partial charge is 0.497 e. The number of carbonyl (C=O) groups is 1. The smallest absolute Gasteiger partial charge is 0.246 e. The van der Waals surface area contributed by atoms with Crippen LogP contribution < -0.4 is 9.47 Å². The van der Waals surface area contributed by atoms with Crippen LogP contribution >= 0.6 is 0 Å². The monoisotopic (exact) mass is 441 g/mol. The molecule has 2 rings (SSSR count). The maximum absolute atomic E-state index is 13.2. The molecule has 30 heavy (non-hydrogen) atoms. The third-order valence-corrected chi connectivity index (χ3v) is 7.45. The molecule has 170 valence electrons. The normalized spacial score (nSPS) is 17.2. The van der Waals surface area contributed by atoms with Crippen molar-refractivity contribution in [1.29, 1.82) is 0 Å². The summed E-state index contributed by atoms with van der Waals surface area (Å²) in [7, 11) is -0.805. The number of ether oxygens (including phenoxy) is 2. The van der Waals surface area contributed by atoms with Crippen LogP contribution in [0, 0.1) is 0 Å². The van der Waals surface area contributed by atoms with Gasteiger partial charge in [-0.2, -0.15) is 4.31 Å². The van der Waals surface area contributed by atoms with E-state index in [4.69, 9.17) is 9.47 Å². The zero-order chi connectivity index (χ0) is 22.6. The standard InChI is InChI=1S/C21H35N3O5S/c1-15(2)24(16(3)4)21(25)17(5)22-10-12-23(13-11-22)30(26,27)20-14-18(28-6)8-9-19(20)29-7/h8-9,14-17H,10-13H2,1-7H3/t17-/m0/s1. The Labute approximate surface area is 180 Å². The molecule has 1 aliphatic rings. The van der Waals surface area contributed by atoms with Gasteiger partial charge in [-0.1, -0.05) is 0 Å². The average Bonchev–Trinajstić information content (AvgIpc) is 2.72. The molecule has 1 heterocycles. The lowest BCUT2D eigenvalue weighted by Crippen LogP contribution is -2.57. The second-order valence-corrected chi connectivity index (χ2v) is 9.97. The molecule has 1 aromatic rings. The molecule has 0 aromatic heterocycles. The van der Waals surface area contributed by atoms with E-state index in [2.05, 4.69) is 4.90 Å². The topological polar surface area (TPSA) is 79.4 Å². The molecule has 1 saturated heterocycles. The van der Waals surface area contributed by atoms with E-state index in [9.17, 15) is 13.2 Å². The highest BCUT2D eigenvalue weighted by Gasteiger charge is 2.35. The van der Waals surface area contributed by atoms with Crippen molar-refractivity contribution in [2.45, 2.75) is 57.6 Å². The van der Waals surface area contributed by atoms with Gasteiger partial charge in [0.2, 0.25) is 15.9 Å². The highest BCUT2D eigenvalue weighted by atomic mass is 32.2. The highest BCUT2D eigenvalue weighted by molar-refractivity contribution is 7.89. The molecular formula is C21H35N3O5S. The highest BCUT2D eigenvalue weighted by Crippen LogP contribution is 2.31. The lowest BCUT2D eigenvalue weighted by Gasteiger charge is -2.40. The van der Waals surface area contributed by atoms with Crippen molar-refractivity contribution in [2.75, 3.05) is 40.4 Å². The summed E-state index contributed by atoms with van der Waals surface area (Å²) in [5.74, 6) is 0.812. The minimum absolute atomic E-state index is 0.0748. The Bertz CT molecular complexity index is 825. The van der Waals surface area contributed by atoms with Gasteiger partial charge < -0.3 is 14.4 Å². The van der Waals surface area contributed by atoms with E-state index in [1.807, 2.05) is 39.5 Å². The van der Waals surface area contributed by atoms with Crippen molar-refractivity contribution >= 4 is 15.9 Å². The summed E-state index contributed by atoms with van der Waals surface area (Å²) in [4.78, 5) is 17.0. The number of hydrogen-bond acceptors (Lipinski definition) is 6. The van der Waals surface area contributed by atoms with E-state index in [-0.39, 0.29) is 34.7 Å². The zero-order valence-corrected chi connectivity index (χ0v) is 19.9. The van der Waals surface area contributed by atoms with Gasteiger partial charge >= 0.3 is 0 Å². The molecule has 1 fully saturated rings. The molecule has 0 aliphatic carbocycles. The predicted molar refractivity (Wildman–Crippen MR) is 116 cm³/mol. The molecule has 1 aliphatic heterocycles. The molecule has 0 radical (unpaired) electrons. The number of carbonyl (C=O) groups excluding carboxylic acids is 1. The lowest BCUT2D eigenvalue weighted by atomic mass is 10.1. The van der Waals surface area contributed by atoms with Crippen LogP contribution in [-0.4, -0.2) is 87.0 Å². The van der Waals surface area contributed by atoms with Crippen LogP contribution in [0.15, 0.2) is 23.1 Å². The van der Waals surface area contributed by atoms with Gasteiger partial charge in [-0.05, 0) is 46.8 Å².